The Labute approximate surface area is 119 Å². The Morgan fingerprint density at radius 1 is 1.30 bits per heavy atom. The zero-order chi connectivity index (χ0) is 14.4. The highest BCUT2D eigenvalue weighted by molar-refractivity contribution is 7.89. The molecule has 0 aliphatic rings. The van der Waals surface area contributed by atoms with Crippen molar-refractivity contribution in [2.75, 3.05) is 5.75 Å². The molecule has 5 nitrogen and oxygen atoms in total. The van der Waals surface area contributed by atoms with Gasteiger partial charge in [0.2, 0.25) is 10.0 Å². The van der Waals surface area contributed by atoms with Crippen molar-refractivity contribution in [3.63, 3.8) is 0 Å². The summed E-state index contributed by atoms with van der Waals surface area (Å²) in [5.41, 5.74) is 1.55. The van der Waals surface area contributed by atoms with E-state index in [-0.39, 0.29) is 12.3 Å². The minimum Gasteiger partial charge on any atom is -0.463 e. The highest BCUT2D eigenvalue weighted by Gasteiger charge is 2.09. The Balaban J connectivity index is 1.94. The van der Waals surface area contributed by atoms with Crippen LogP contribution in [-0.4, -0.2) is 19.2 Å². The summed E-state index contributed by atoms with van der Waals surface area (Å²) >= 11 is 0. The van der Waals surface area contributed by atoms with E-state index in [1.807, 2.05) is 25.1 Å². The van der Waals surface area contributed by atoms with Crippen LogP contribution in [0.5, 0.6) is 0 Å². The van der Waals surface area contributed by atoms with Gasteiger partial charge in [0.25, 0.3) is 0 Å². The summed E-state index contributed by atoms with van der Waals surface area (Å²) in [6.45, 7) is 2.23. The second-order valence-electron chi connectivity index (χ2n) is 4.52. The predicted molar refractivity (Wildman–Crippen MR) is 77.5 cm³/mol. The maximum absolute atomic E-state index is 11.7. The number of rotatable bonds is 7. The lowest BCUT2D eigenvalue weighted by Gasteiger charge is -2.06. The van der Waals surface area contributed by atoms with Gasteiger partial charge in [0.1, 0.15) is 5.69 Å². The fourth-order valence-corrected chi connectivity index (χ4v) is 2.90. The molecule has 0 amide bonds. The zero-order valence-corrected chi connectivity index (χ0v) is 12.2. The van der Waals surface area contributed by atoms with Crippen LogP contribution in [0.1, 0.15) is 25.3 Å². The number of nitrogens with zero attached hydrogens (tertiary/aromatic N) is 1. The minimum absolute atomic E-state index is 0.168. The van der Waals surface area contributed by atoms with Gasteiger partial charge in [0, 0.05) is 12.7 Å². The molecule has 20 heavy (non-hydrogen) atoms. The van der Waals surface area contributed by atoms with Crippen molar-refractivity contribution in [2.45, 2.75) is 26.3 Å². The van der Waals surface area contributed by atoms with Gasteiger partial charge < -0.3 is 4.42 Å². The summed E-state index contributed by atoms with van der Waals surface area (Å²) in [6, 6.07) is 7.28. The first-order valence-corrected chi connectivity index (χ1v) is 8.22. The monoisotopic (exact) mass is 294 g/mol. The molecule has 0 spiro atoms. The average Bonchev–Trinajstić information content (AvgIpc) is 2.98. The van der Waals surface area contributed by atoms with E-state index >= 15 is 0 Å². The molecule has 108 valence electrons. The van der Waals surface area contributed by atoms with Crippen molar-refractivity contribution in [2.24, 2.45) is 0 Å². The Morgan fingerprint density at radius 2 is 2.15 bits per heavy atom. The maximum Gasteiger partial charge on any atom is 0.211 e. The van der Waals surface area contributed by atoms with E-state index in [2.05, 4.69) is 9.71 Å². The van der Waals surface area contributed by atoms with E-state index in [0.717, 1.165) is 17.7 Å². The van der Waals surface area contributed by atoms with Gasteiger partial charge in [-0.2, -0.15) is 0 Å². The van der Waals surface area contributed by atoms with Gasteiger partial charge in [-0.15, -0.1) is 0 Å². The Kier molecular flexibility index (Phi) is 4.92. The molecular weight excluding hydrogens is 276 g/mol. The van der Waals surface area contributed by atoms with Crippen LogP contribution in [-0.2, 0) is 16.6 Å². The lowest BCUT2D eigenvalue weighted by Crippen LogP contribution is -2.25. The highest BCUT2D eigenvalue weighted by Crippen LogP contribution is 2.17. The van der Waals surface area contributed by atoms with Crippen molar-refractivity contribution in [1.29, 1.82) is 0 Å². The molecule has 0 bridgehead atoms. The topological polar surface area (TPSA) is 72.2 Å². The number of unbranched alkanes of at least 4 members (excludes halogenated alkanes) is 1. The number of sulfonamides is 1. The van der Waals surface area contributed by atoms with E-state index < -0.39 is 10.0 Å². The molecule has 2 aromatic rings. The summed E-state index contributed by atoms with van der Waals surface area (Å²) in [5.74, 6) is 0.863. The second-order valence-corrected chi connectivity index (χ2v) is 6.45. The molecular formula is C14H18N2O3S. The largest absolute Gasteiger partial charge is 0.463 e. The van der Waals surface area contributed by atoms with Gasteiger partial charge in [-0.3, -0.25) is 4.98 Å². The number of hydrogen-bond donors (Lipinski definition) is 1. The smallest absolute Gasteiger partial charge is 0.211 e. The minimum atomic E-state index is -3.19. The van der Waals surface area contributed by atoms with Crippen LogP contribution in [0.4, 0.5) is 0 Å². The fourth-order valence-electron chi connectivity index (χ4n) is 1.70. The number of hydrogen-bond acceptors (Lipinski definition) is 4. The molecule has 2 heterocycles. The third kappa shape index (κ3) is 4.18. The van der Waals surface area contributed by atoms with Crippen molar-refractivity contribution in [3.8, 4) is 11.5 Å². The van der Waals surface area contributed by atoms with E-state index in [9.17, 15) is 8.42 Å². The first kappa shape index (κ1) is 14.7. The van der Waals surface area contributed by atoms with Gasteiger partial charge in [-0.1, -0.05) is 19.4 Å². The van der Waals surface area contributed by atoms with Crippen molar-refractivity contribution in [1.82, 2.24) is 9.71 Å². The molecule has 6 heteroatoms. The van der Waals surface area contributed by atoms with E-state index in [1.54, 1.807) is 18.5 Å². The molecule has 2 rings (SSSR count). The van der Waals surface area contributed by atoms with Crippen LogP contribution in [0, 0.1) is 0 Å². The number of nitrogens with one attached hydrogen (secondary N) is 1. The highest BCUT2D eigenvalue weighted by atomic mass is 32.2. The van der Waals surface area contributed by atoms with Crippen LogP contribution in [0.2, 0.25) is 0 Å². The summed E-state index contributed by atoms with van der Waals surface area (Å²) in [7, 11) is -3.19. The number of pyridine rings is 1. The molecule has 0 radical (unpaired) electrons. The number of furan rings is 1. The Hall–Kier alpha value is -1.66. The third-order valence-corrected chi connectivity index (χ3v) is 4.27. The normalized spacial score (nSPS) is 11.7. The summed E-state index contributed by atoms with van der Waals surface area (Å²) in [4.78, 5) is 4.26. The fraction of sp³-hybridized carbons (Fsp3) is 0.357. The lowest BCUT2D eigenvalue weighted by atomic mass is 10.2. The van der Waals surface area contributed by atoms with Gasteiger partial charge in [0.05, 0.1) is 12.0 Å². The van der Waals surface area contributed by atoms with Gasteiger partial charge in [-0.05, 0) is 30.2 Å². The quantitative estimate of drug-likeness (QED) is 0.852. The van der Waals surface area contributed by atoms with Gasteiger partial charge in [-0.25, -0.2) is 13.1 Å². The lowest BCUT2D eigenvalue weighted by molar-refractivity contribution is 0.576. The van der Waals surface area contributed by atoms with Crippen molar-refractivity contribution in [3.05, 3.63) is 42.3 Å². The third-order valence-electron chi connectivity index (χ3n) is 2.86. The van der Waals surface area contributed by atoms with Gasteiger partial charge >= 0.3 is 0 Å². The van der Waals surface area contributed by atoms with Crippen LogP contribution in [0.25, 0.3) is 11.5 Å². The SMILES string of the molecule is CCCCS(=O)(=O)NCc1ccc(-c2ccco2)nc1. The molecule has 0 aliphatic heterocycles. The maximum atomic E-state index is 11.7. The molecule has 2 aromatic heterocycles. The molecule has 0 aromatic carbocycles. The molecule has 1 N–H and O–H groups in total. The average molecular weight is 294 g/mol. The standard InChI is InChI=1S/C14H18N2O3S/c1-2-3-9-20(17,18)16-11-12-6-7-13(15-10-12)14-5-4-8-19-14/h4-8,10,16H,2-3,9,11H2,1H3. The molecule has 0 saturated heterocycles. The van der Waals surface area contributed by atoms with E-state index in [0.29, 0.717) is 12.2 Å². The Bertz CT molecular complexity index is 619. The van der Waals surface area contributed by atoms with E-state index in [4.69, 9.17) is 4.42 Å². The molecule has 0 unspecified atom stereocenters. The first-order valence-electron chi connectivity index (χ1n) is 6.57. The molecule has 0 aliphatic carbocycles. The summed E-state index contributed by atoms with van der Waals surface area (Å²) in [6.07, 6.45) is 4.78. The number of aromatic nitrogens is 1. The van der Waals surface area contributed by atoms with Crippen LogP contribution in [0.15, 0.2) is 41.1 Å². The van der Waals surface area contributed by atoms with Crippen LogP contribution < -0.4 is 4.72 Å². The van der Waals surface area contributed by atoms with Gasteiger partial charge in [0.15, 0.2) is 5.76 Å². The molecule has 0 fully saturated rings. The predicted octanol–water partition coefficient (Wildman–Crippen LogP) is 2.56. The second kappa shape index (κ2) is 6.67. The van der Waals surface area contributed by atoms with Crippen LogP contribution in [0.3, 0.4) is 0 Å². The Morgan fingerprint density at radius 3 is 2.75 bits per heavy atom. The zero-order valence-electron chi connectivity index (χ0n) is 11.4. The van der Waals surface area contributed by atoms with E-state index in [1.165, 1.54) is 0 Å². The molecule has 0 atom stereocenters. The van der Waals surface area contributed by atoms with Crippen molar-refractivity contribution >= 4 is 10.0 Å². The summed E-state index contributed by atoms with van der Waals surface area (Å²) < 4.78 is 31.2. The first-order chi connectivity index (χ1) is 9.61. The van der Waals surface area contributed by atoms with Crippen LogP contribution >= 0.6 is 0 Å². The van der Waals surface area contributed by atoms with Crippen molar-refractivity contribution < 1.29 is 12.8 Å². The summed E-state index contributed by atoms with van der Waals surface area (Å²) in [5, 5.41) is 0. The molecule has 0 saturated carbocycles.